The highest BCUT2D eigenvalue weighted by Crippen LogP contribution is 2.21. The van der Waals surface area contributed by atoms with Crippen LogP contribution in [0.25, 0.3) is 10.9 Å². The van der Waals surface area contributed by atoms with E-state index in [9.17, 15) is 0 Å². The van der Waals surface area contributed by atoms with Gasteiger partial charge in [-0.15, -0.1) is 0 Å². The summed E-state index contributed by atoms with van der Waals surface area (Å²) in [5.41, 5.74) is 8.53. The van der Waals surface area contributed by atoms with E-state index in [4.69, 9.17) is 11.1 Å². The highest BCUT2D eigenvalue weighted by atomic mass is 14.7. The molecular weight excluding hydrogens is 186 g/mol. The van der Waals surface area contributed by atoms with Crippen LogP contribution in [0.5, 0.6) is 0 Å². The summed E-state index contributed by atoms with van der Waals surface area (Å²) < 4.78 is 0. The molecule has 0 bridgehead atoms. The van der Waals surface area contributed by atoms with E-state index in [-0.39, 0.29) is 5.84 Å². The first kappa shape index (κ1) is 9.77. The van der Waals surface area contributed by atoms with Gasteiger partial charge in [0.1, 0.15) is 5.84 Å². The standard InChI is InChI=1S/C12H15N3/c1-7(2)11-6-9-5-8(12(13)14)3-4-10(9)15-11/h3-7,15H,1-2H3,(H3,13,14). The minimum absolute atomic E-state index is 0.115. The van der Waals surface area contributed by atoms with Crippen LogP contribution in [0.1, 0.15) is 31.0 Å². The third kappa shape index (κ3) is 1.73. The predicted molar refractivity (Wildman–Crippen MR) is 63.4 cm³/mol. The molecule has 0 saturated carbocycles. The number of nitrogens with one attached hydrogen (secondary N) is 2. The quantitative estimate of drug-likeness (QED) is 0.507. The van der Waals surface area contributed by atoms with Crippen LogP contribution in [0.4, 0.5) is 0 Å². The smallest absolute Gasteiger partial charge is 0.122 e. The molecule has 0 fully saturated rings. The van der Waals surface area contributed by atoms with Gasteiger partial charge in [0, 0.05) is 22.2 Å². The van der Waals surface area contributed by atoms with Crippen LogP contribution < -0.4 is 5.73 Å². The normalized spacial score (nSPS) is 11.1. The summed E-state index contributed by atoms with van der Waals surface area (Å²) >= 11 is 0. The zero-order valence-corrected chi connectivity index (χ0v) is 8.96. The molecule has 4 N–H and O–H groups in total. The van der Waals surface area contributed by atoms with E-state index in [1.807, 2.05) is 18.2 Å². The van der Waals surface area contributed by atoms with Gasteiger partial charge >= 0.3 is 0 Å². The zero-order chi connectivity index (χ0) is 11.0. The maximum atomic E-state index is 7.37. The molecule has 2 aromatic rings. The average Bonchev–Trinajstić information content (AvgIpc) is 2.59. The number of aromatic amines is 1. The van der Waals surface area contributed by atoms with E-state index in [0.29, 0.717) is 5.92 Å². The Kier molecular flexibility index (Phi) is 2.23. The summed E-state index contributed by atoms with van der Waals surface area (Å²) in [4.78, 5) is 3.35. The van der Waals surface area contributed by atoms with Gasteiger partial charge in [0.15, 0.2) is 0 Å². The highest BCUT2D eigenvalue weighted by Gasteiger charge is 2.05. The molecule has 78 valence electrons. The number of hydrogen-bond donors (Lipinski definition) is 3. The number of rotatable bonds is 2. The lowest BCUT2D eigenvalue weighted by molar-refractivity contribution is 0.836. The molecule has 1 aromatic heterocycles. The van der Waals surface area contributed by atoms with Crippen LogP contribution in [-0.4, -0.2) is 10.8 Å². The van der Waals surface area contributed by atoms with Crippen LogP contribution in [0.2, 0.25) is 0 Å². The van der Waals surface area contributed by atoms with Crippen molar-refractivity contribution in [3.63, 3.8) is 0 Å². The molecule has 0 aliphatic carbocycles. The molecule has 1 aromatic carbocycles. The maximum Gasteiger partial charge on any atom is 0.122 e. The summed E-state index contributed by atoms with van der Waals surface area (Å²) in [5.74, 6) is 0.599. The molecule has 0 aliphatic rings. The van der Waals surface area contributed by atoms with E-state index in [1.165, 1.54) is 5.69 Å². The van der Waals surface area contributed by atoms with E-state index in [2.05, 4.69) is 24.9 Å². The lowest BCUT2D eigenvalue weighted by atomic mass is 10.1. The molecule has 2 rings (SSSR count). The monoisotopic (exact) mass is 201 g/mol. The second kappa shape index (κ2) is 3.42. The Bertz CT molecular complexity index is 509. The minimum Gasteiger partial charge on any atom is -0.384 e. The lowest BCUT2D eigenvalue weighted by Gasteiger charge is -1.97. The van der Waals surface area contributed by atoms with Gasteiger partial charge in [0.2, 0.25) is 0 Å². The Balaban J connectivity index is 2.57. The van der Waals surface area contributed by atoms with E-state index in [0.717, 1.165) is 16.5 Å². The van der Waals surface area contributed by atoms with Crippen LogP contribution in [0, 0.1) is 5.41 Å². The number of H-pyrrole nitrogens is 1. The summed E-state index contributed by atoms with van der Waals surface area (Å²) in [6.45, 7) is 4.30. The first-order chi connectivity index (χ1) is 7.08. The Morgan fingerprint density at radius 2 is 2.07 bits per heavy atom. The van der Waals surface area contributed by atoms with E-state index < -0.39 is 0 Å². The van der Waals surface area contributed by atoms with Crippen molar-refractivity contribution in [3.8, 4) is 0 Å². The number of hydrogen-bond acceptors (Lipinski definition) is 1. The number of nitrogen functional groups attached to an aromatic ring is 1. The Labute approximate surface area is 88.8 Å². The van der Waals surface area contributed by atoms with Crippen LogP contribution >= 0.6 is 0 Å². The number of fused-ring (bicyclic) bond motifs is 1. The van der Waals surface area contributed by atoms with E-state index in [1.54, 1.807) is 0 Å². The molecule has 3 nitrogen and oxygen atoms in total. The van der Waals surface area contributed by atoms with Crippen molar-refractivity contribution >= 4 is 16.7 Å². The van der Waals surface area contributed by atoms with Gasteiger partial charge in [-0.1, -0.05) is 13.8 Å². The molecule has 1 heterocycles. The van der Waals surface area contributed by atoms with Gasteiger partial charge in [0.05, 0.1) is 0 Å². The van der Waals surface area contributed by atoms with E-state index >= 15 is 0 Å². The molecule has 0 saturated heterocycles. The summed E-state index contributed by atoms with van der Waals surface area (Å²) in [6.07, 6.45) is 0. The van der Waals surface area contributed by atoms with Crippen molar-refractivity contribution in [3.05, 3.63) is 35.5 Å². The van der Waals surface area contributed by atoms with Crippen LogP contribution in [0.15, 0.2) is 24.3 Å². The fraction of sp³-hybridized carbons (Fsp3) is 0.250. The Morgan fingerprint density at radius 3 is 2.67 bits per heavy atom. The zero-order valence-electron chi connectivity index (χ0n) is 8.96. The highest BCUT2D eigenvalue weighted by molar-refractivity contribution is 5.98. The third-order valence-corrected chi connectivity index (χ3v) is 2.57. The van der Waals surface area contributed by atoms with Crippen LogP contribution in [-0.2, 0) is 0 Å². The van der Waals surface area contributed by atoms with Gasteiger partial charge in [-0.25, -0.2) is 0 Å². The van der Waals surface area contributed by atoms with Crippen molar-refractivity contribution in [2.24, 2.45) is 5.73 Å². The summed E-state index contributed by atoms with van der Waals surface area (Å²) in [6, 6.07) is 7.90. The Morgan fingerprint density at radius 1 is 1.33 bits per heavy atom. The molecule has 0 amide bonds. The minimum atomic E-state index is 0.115. The van der Waals surface area contributed by atoms with Crippen molar-refractivity contribution < 1.29 is 0 Å². The van der Waals surface area contributed by atoms with Crippen molar-refractivity contribution in [1.29, 1.82) is 5.41 Å². The van der Waals surface area contributed by atoms with Crippen molar-refractivity contribution in [2.45, 2.75) is 19.8 Å². The molecule has 0 atom stereocenters. The SMILES string of the molecule is CC(C)c1cc2cc(C(=N)N)ccc2[nH]1. The summed E-state index contributed by atoms with van der Waals surface area (Å²) in [7, 11) is 0. The lowest BCUT2D eigenvalue weighted by Crippen LogP contribution is -2.10. The average molecular weight is 201 g/mol. The second-order valence-electron chi connectivity index (χ2n) is 4.10. The Hall–Kier alpha value is -1.77. The number of amidine groups is 1. The molecule has 3 heteroatoms. The topological polar surface area (TPSA) is 65.7 Å². The van der Waals surface area contributed by atoms with Crippen molar-refractivity contribution in [1.82, 2.24) is 4.98 Å². The first-order valence-electron chi connectivity index (χ1n) is 5.05. The molecule has 0 aliphatic heterocycles. The van der Waals surface area contributed by atoms with Gasteiger partial charge in [-0.2, -0.15) is 0 Å². The number of nitrogens with two attached hydrogens (primary N) is 1. The first-order valence-corrected chi connectivity index (χ1v) is 5.05. The number of benzene rings is 1. The fourth-order valence-electron chi connectivity index (χ4n) is 1.63. The van der Waals surface area contributed by atoms with Gasteiger partial charge < -0.3 is 10.7 Å². The largest absolute Gasteiger partial charge is 0.384 e. The molecule has 0 spiro atoms. The maximum absolute atomic E-state index is 7.37. The molecular formula is C12H15N3. The van der Waals surface area contributed by atoms with Crippen molar-refractivity contribution in [2.75, 3.05) is 0 Å². The number of aromatic nitrogens is 1. The summed E-state index contributed by atoms with van der Waals surface area (Å²) in [5, 5.41) is 8.49. The fourth-order valence-corrected chi connectivity index (χ4v) is 1.63. The molecule has 0 unspecified atom stereocenters. The van der Waals surface area contributed by atoms with Crippen LogP contribution in [0.3, 0.4) is 0 Å². The van der Waals surface area contributed by atoms with Gasteiger partial charge in [-0.05, 0) is 30.2 Å². The second-order valence-corrected chi connectivity index (χ2v) is 4.10. The molecule has 0 radical (unpaired) electrons. The van der Waals surface area contributed by atoms with Gasteiger partial charge in [-0.3, -0.25) is 5.41 Å². The molecule has 15 heavy (non-hydrogen) atoms. The third-order valence-electron chi connectivity index (χ3n) is 2.57. The predicted octanol–water partition coefficient (Wildman–Crippen LogP) is 2.58. The van der Waals surface area contributed by atoms with Gasteiger partial charge in [0.25, 0.3) is 0 Å².